The third-order valence-electron chi connectivity index (χ3n) is 2.72. The molecule has 1 aromatic rings. The predicted octanol–water partition coefficient (Wildman–Crippen LogP) is 2.87. The van der Waals surface area contributed by atoms with Crippen LogP contribution in [0.25, 0.3) is 0 Å². The maximum absolute atomic E-state index is 8.86. The van der Waals surface area contributed by atoms with Gasteiger partial charge in [-0.1, -0.05) is 15.9 Å². The minimum absolute atomic E-state index is 0.679. The van der Waals surface area contributed by atoms with E-state index in [1.54, 1.807) is 0 Å². The van der Waals surface area contributed by atoms with Crippen LogP contribution in [0, 0.1) is 11.3 Å². The van der Waals surface area contributed by atoms with E-state index in [1.165, 1.54) is 12.8 Å². The first-order chi connectivity index (χ1) is 8.28. The molecule has 0 spiro atoms. The Morgan fingerprint density at radius 3 is 2.82 bits per heavy atom. The van der Waals surface area contributed by atoms with Crippen LogP contribution in [0.1, 0.15) is 24.8 Å². The van der Waals surface area contributed by atoms with Crippen molar-refractivity contribution >= 4 is 21.6 Å². The molecule has 2 N–H and O–H groups in total. The average molecular weight is 294 g/mol. The molecule has 0 atom stereocenters. The van der Waals surface area contributed by atoms with Crippen molar-refractivity contribution in [2.75, 3.05) is 18.4 Å². The van der Waals surface area contributed by atoms with E-state index < -0.39 is 0 Å². The van der Waals surface area contributed by atoms with E-state index in [0.717, 1.165) is 35.7 Å². The van der Waals surface area contributed by atoms with Gasteiger partial charge in [-0.2, -0.15) is 5.26 Å². The number of benzene rings is 1. The van der Waals surface area contributed by atoms with E-state index in [-0.39, 0.29) is 0 Å². The third-order valence-corrected chi connectivity index (χ3v) is 3.18. The van der Waals surface area contributed by atoms with Gasteiger partial charge in [0.05, 0.1) is 11.6 Å². The van der Waals surface area contributed by atoms with Crippen LogP contribution in [0.3, 0.4) is 0 Å². The summed E-state index contributed by atoms with van der Waals surface area (Å²) in [5, 5.41) is 15.7. The Hall–Kier alpha value is -1.05. The highest BCUT2D eigenvalue weighted by Gasteiger charge is 2.19. The molecule has 1 saturated carbocycles. The van der Waals surface area contributed by atoms with Crippen molar-refractivity contribution in [2.24, 2.45) is 0 Å². The van der Waals surface area contributed by atoms with Gasteiger partial charge in [0.2, 0.25) is 0 Å². The molecule has 0 aromatic heterocycles. The summed E-state index contributed by atoms with van der Waals surface area (Å²) in [6.45, 7) is 2.00. The third kappa shape index (κ3) is 4.37. The summed E-state index contributed by atoms with van der Waals surface area (Å²) >= 11 is 3.40. The van der Waals surface area contributed by atoms with Crippen molar-refractivity contribution in [3.8, 4) is 6.07 Å². The molecule has 4 heteroatoms. The number of anilines is 1. The minimum Gasteiger partial charge on any atom is -0.385 e. The molecule has 0 aliphatic heterocycles. The Kier molecular flexibility index (Phi) is 4.41. The van der Waals surface area contributed by atoms with Gasteiger partial charge in [-0.05, 0) is 44.0 Å². The molecular formula is C13H16BrN3. The lowest BCUT2D eigenvalue weighted by atomic mass is 10.2. The Bertz CT molecular complexity index is 421. The van der Waals surface area contributed by atoms with Crippen molar-refractivity contribution in [2.45, 2.75) is 25.3 Å². The molecule has 1 fully saturated rings. The average Bonchev–Trinajstić information content (AvgIpc) is 3.12. The maximum atomic E-state index is 8.86. The van der Waals surface area contributed by atoms with Gasteiger partial charge in [0.25, 0.3) is 0 Å². The van der Waals surface area contributed by atoms with E-state index in [0.29, 0.717) is 5.56 Å². The summed E-state index contributed by atoms with van der Waals surface area (Å²) in [7, 11) is 0. The zero-order valence-electron chi connectivity index (χ0n) is 9.67. The van der Waals surface area contributed by atoms with Crippen LogP contribution in [0.15, 0.2) is 22.7 Å². The van der Waals surface area contributed by atoms with Crippen LogP contribution in [-0.4, -0.2) is 19.1 Å². The zero-order chi connectivity index (χ0) is 12.1. The smallest absolute Gasteiger partial charge is 0.0992 e. The molecule has 2 rings (SSSR count). The second kappa shape index (κ2) is 6.04. The molecule has 1 aromatic carbocycles. The van der Waals surface area contributed by atoms with E-state index in [1.807, 2.05) is 18.2 Å². The highest BCUT2D eigenvalue weighted by atomic mass is 79.9. The number of hydrogen-bond donors (Lipinski definition) is 2. The number of hydrogen-bond acceptors (Lipinski definition) is 3. The standard InChI is InChI=1S/C13H16BrN3/c14-11-6-10(9-15)7-13(8-11)17-5-1-4-16-12-2-3-12/h6-8,12,16-17H,1-5H2. The molecule has 90 valence electrons. The highest BCUT2D eigenvalue weighted by Crippen LogP contribution is 2.19. The summed E-state index contributed by atoms with van der Waals surface area (Å²) in [5.74, 6) is 0. The molecule has 0 heterocycles. The van der Waals surface area contributed by atoms with E-state index in [2.05, 4.69) is 32.6 Å². The fraction of sp³-hybridized carbons (Fsp3) is 0.462. The molecule has 0 radical (unpaired) electrons. The van der Waals surface area contributed by atoms with Crippen molar-refractivity contribution in [3.05, 3.63) is 28.2 Å². The number of nitriles is 1. The fourth-order valence-electron chi connectivity index (χ4n) is 1.67. The first-order valence-electron chi connectivity index (χ1n) is 5.96. The second-order valence-electron chi connectivity index (χ2n) is 4.35. The molecule has 1 aliphatic rings. The van der Waals surface area contributed by atoms with Crippen LogP contribution in [0.5, 0.6) is 0 Å². The summed E-state index contributed by atoms with van der Waals surface area (Å²) in [6.07, 6.45) is 3.78. The molecule has 1 aliphatic carbocycles. The number of rotatable bonds is 6. The van der Waals surface area contributed by atoms with Crippen molar-refractivity contribution in [1.29, 1.82) is 5.26 Å². The van der Waals surface area contributed by atoms with Crippen LogP contribution in [0.4, 0.5) is 5.69 Å². The Morgan fingerprint density at radius 1 is 1.29 bits per heavy atom. The van der Waals surface area contributed by atoms with Crippen LogP contribution in [-0.2, 0) is 0 Å². The molecule has 0 bridgehead atoms. The SMILES string of the molecule is N#Cc1cc(Br)cc(NCCCNC2CC2)c1. The van der Waals surface area contributed by atoms with Gasteiger partial charge in [-0.3, -0.25) is 0 Å². The Morgan fingerprint density at radius 2 is 2.12 bits per heavy atom. The molecule has 0 amide bonds. The molecule has 0 unspecified atom stereocenters. The summed E-state index contributed by atoms with van der Waals surface area (Å²) in [6, 6.07) is 8.62. The van der Waals surface area contributed by atoms with E-state index in [9.17, 15) is 0 Å². The van der Waals surface area contributed by atoms with Gasteiger partial charge in [0.15, 0.2) is 0 Å². The van der Waals surface area contributed by atoms with Crippen LogP contribution >= 0.6 is 15.9 Å². The van der Waals surface area contributed by atoms with E-state index in [4.69, 9.17) is 5.26 Å². The number of nitrogens with zero attached hydrogens (tertiary/aromatic N) is 1. The lowest BCUT2D eigenvalue weighted by Crippen LogP contribution is -2.19. The molecule has 3 nitrogen and oxygen atoms in total. The molecule has 0 saturated heterocycles. The van der Waals surface area contributed by atoms with E-state index >= 15 is 0 Å². The van der Waals surface area contributed by atoms with Crippen LogP contribution in [0.2, 0.25) is 0 Å². The lowest BCUT2D eigenvalue weighted by Gasteiger charge is -2.07. The van der Waals surface area contributed by atoms with Gasteiger partial charge in [0.1, 0.15) is 0 Å². The monoisotopic (exact) mass is 293 g/mol. The molecule has 17 heavy (non-hydrogen) atoms. The van der Waals surface area contributed by atoms with Crippen molar-refractivity contribution in [1.82, 2.24) is 5.32 Å². The van der Waals surface area contributed by atoms with Gasteiger partial charge >= 0.3 is 0 Å². The fourth-order valence-corrected chi connectivity index (χ4v) is 2.16. The van der Waals surface area contributed by atoms with Gasteiger partial charge in [-0.15, -0.1) is 0 Å². The maximum Gasteiger partial charge on any atom is 0.0992 e. The van der Waals surface area contributed by atoms with Gasteiger partial charge in [0, 0.05) is 22.7 Å². The summed E-state index contributed by atoms with van der Waals surface area (Å²) < 4.78 is 0.940. The topological polar surface area (TPSA) is 47.9 Å². The van der Waals surface area contributed by atoms with Crippen LogP contribution < -0.4 is 10.6 Å². The minimum atomic E-state index is 0.679. The van der Waals surface area contributed by atoms with Crippen molar-refractivity contribution in [3.63, 3.8) is 0 Å². The number of halogens is 1. The van der Waals surface area contributed by atoms with Gasteiger partial charge in [-0.25, -0.2) is 0 Å². The first kappa shape index (κ1) is 12.4. The van der Waals surface area contributed by atoms with Crippen molar-refractivity contribution < 1.29 is 0 Å². The van der Waals surface area contributed by atoms with Gasteiger partial charge < -0.3 is 10.6 Å². The normalized spacial score (nSPS) is 14.4. The summed E-state index contributed by atoms with van der Waals surface area (Å²) in [5.41, 5.74) is 1.68. The molecular weight excluding hydrogens is 278 g/mol. The lowest BCUT2D eigenvalue weighted by molar-refractivity contribution is 0.659. The first-order valence-corrected chi connectivity index (χ1v) is 6.75. The Balaban J connectivity index is 1.73. The highest BCUT2D eigenvalue weighted by molar-refractivity contribution is 9.10. The largest absolute Gasteiger partial charge is 0.385 e. The summed E-state index contributed by atoms with van der Waals surface area (Å²) in [4.78, 5) is 0. The second-order valence-corrected chi connectivity index (χ2v) is 5.26. The Labute approximate surface area is 110 Å². The number of nitrogens with one attached hydrogen (secondary N) is 2. The predicted molar refractivity (Wildman–Crippen MR) is 73.0 cm³/mol. The quantitative estimate of drug-likeness (QED) is 0.793. The zero-order valence-corrected chi connectivity index (χ0v) is 11.3.